The molecule has 0 aliphatic heterocycles. The SMILES string of the molecule is C[Si](C)c1cc([N+](=O)[O-])cc(OC(C)(C)C)c1N. The molecule has 0 unspecified atom stereocenters. The van der Waals surface area contributed by atoms with E-state index >= 15 is 0 Å². The molecule has 5 nitrogen and oxygen atoms in total. The van der Waals surface area contributed by atoms with Crippen LogP contribution in [-0.4, -0.2) is 19.3 Å². The molecule has 1 aromatic carbocycles. The number of non-ortho nitro benzene ring substituents is 1. The molecule has 0 fully saturated rings. The lowest BCUT2D eigenvalue weighted by molar-refractivity contribution is -0.384. The van der Waals surface area contributed by atoms with Crippen molar-refractivity contribution < 1.29 is 9.66 Å². The molecule has 0 saturated heterocycles. The maximum atomic E-state index is 10.9. The summed E-state index contributed by atoms with van der Waals surface area (Å²) in [6.45, 7) is 9.74. The van der Waals surface area contributed by atoms with Gasteiger partial charge in [0.05, 0.1) is 25.5 Å². The molecular formula is C12H19N2O3Si. The van der Waals surface area contributed by atoms with Crippen molar-refractivity contribution >= 4 is 25.4 Å². The van der Waals surface area contributed by atoms with Gasteiger partial charge in [-0.05, 0) is 26.0 Å². The highest BCUT2D eigenvalue weighted by molar-refractivity contribution is 6.72. The first-order valence-electron chi connectivity index (χ1n) is 5.69. The van der Waals surface area contributed by atoms with E-state index in [4.69, 9.17) is 10.5 Å². The lowest BCUT2D eigenvalue weighted by Crippen LogP contribution is -2.29. The number of nitrogens with zero attached hydrogens (tertiary/aromatic N) is 1. The highest BCUT2D eigenvalue weighted by Crippen LogP contribution is 2.29. The molecule has 99 valence electrons. The molecule has 0 heterocycles. The summed E-state index contributed by atoms with van der Waals surface area (Å²) in [5.41, 5.74) is 6.16. The molecule has 0 spiro atoms. The zero-order valence-corrected chi connectivity index (χ0v) is 12.4. The molecule has 0 aliphatic carbocycles. The van der Waals surface area contributed by atoms with Crippen LogP contribution in [0.3, 0.4) is 0 Å². The average molecular weight is 267 g/mol. The van der Waals surface area contributed by atoms with Gasteiger partial charge in [-0.25, -0.2) is 0 Å². The molecule has 0 amide bonds. The van der Waals surface area contributed by atoms with Gasteiger partial charge >= 0.3 is 0 Å². The summed E-state index contributed by atoms with van der Waals surface area (Å²) in [5, 5.41) is 11.8. The minimum absolute atomic E-state index is 0.0321. The molecule has 0 atom stereocenters. The predicted octanol–water partition coefficient (Wildman–Crippen LogP) is 2.32. The molecule has 1 radical (unpaired) electrons. The number of rotatable bonds is 3. The molecule has 0 saturated carbocycles. The Morgan fingerprint density at radius 2 is 1.89 bits per heavy atom. The van der Waals surface area contributed by atoms with Gasteiger partial charge in [0.2, 0.25) is 0 Å². The summed E-state index contributed by atoms with van der Waals surface area (Å²) >= 11 is 0. The normalized spacial score (nSPS) is 11.7. The maximum Gasteiger partial charge on any atom is 0.273 e. The van der Waals surface area contributed by atoms with Gasteiger partial charge in [-0.3, -0.25) is 10.1 Å². The number of hydrogen-bond acceptors (Lipinski definition) is 4. The lowest BCUT2D eigenvalue weighted by Gasteiger charge is -2.23. The monoisotopic (exact) mass is 267 g/mol. The highest BCUT2D eigenvalue weighted by atomic mass is 28.3. The lowest BCUT2D eigenvalue weighted by atomic mass is 10.2. The Labute approximate surface area is 109 Å². The first-order chi connectivity index (χ1) is 8.11. The van der Waals surface area contributed by atoms with Crippen molar-refractivity contribution in [2.24, 2.45) is 0 Å². The van der Waals surface area contributed by atoms with E-state index in [1.165, 1.54) is 6.07 Å². The van der Waals surface area contributed by atoms with Gasteiger partial charge in [-0.2, -0.15) is 0 Å². The van der Waals surface area contributed by atoms with Gasteiger partial charge in [0.15, 0.2) is 0 Å². The van der Waals surface area contributed by atoms with Crippen molar-refractivity contribution in [3.8, 4) is 5.75 Å². The zero-order valence-electron chi connectivity index (χ0n) is 11.4. The van der Waals surface area contributed by atoms with Crippen molar-refractivity contribution in [1.82, 2.24) is 0 Å². The Balaban J connectivity index is 3.36. The van der Waals surface area contributed by atoms with Crippen LogP contribution in [0.4, 0.5) is 11.4 Å². The van der Waals surface area contributed by atoms with Crippen LogP contribution < -0.4 is 15.7 Å². The summed E-state index contributed by atoms with van der Waals surface area (Å²) in [4.78, 5) is 10.5. The van der Waals surface area contributed by atoms with E-state index in [0.717, 1.165) is 5.19 Å². The number of nitro benzene ring substituents is 1. The van der Waals surface area contributed by atoms with Gasteiger partial charge in [-0.15, -0.1) is 0 Å². The second kappa shape index (κ2) is 4.97. The summed E-state index contributed by atoms with van der Waals surface area (Å²) in [7, 11) is -0.884. The first-order valence-corrected chi connectivity index (χ1v) is 8.19. The fourth-order valence-corrected chi connectivity index (χ4v) is 2.64. The third-order valence-corrected chi connectivity index (χ3v) is 3.78. The van der Waals surface area contributed by atoms with Crippen molar-refractivity contribution in [2.45, 2.75) is 39.5 Å². The topological polar surface area (TPSA) is 78.4 Å². The van der Waals surface area contributed by atoms with Crippen LogP contribution in [0.15, 0.2) is 12.1 Å². The van der Waals surface area contributed by atoms with E-state index in [1.54, 1.807) is 6.07 Å². The standard InChI is InChI=1S/C12H19N2O3Si/c1-12(2,3)17-9-6-8(14(15)16)7-10(11(9)13)18(4)5/h6-7H,13H2,1-5H3. The summed E-state index contributed by atoms with van der Waals surface area (Å²) in [5.74, 6) is 0.401. The number of nitrogen functional groups attached to an aromatic ring is 1. The third-order valence-electron chi connectivity index (χ3n) is 2.29. The first kappa shape index (κ1) is 14.5. The number of benzene rings is 1. The Bertz CT molecular complexity index is 467. The van der Waals surface area contributed by atoms with E-state index in [2.05, 4.69) is 0 Å². The molecule has 0 aromatic heterocycles. The fourth-order valence-electron chi connectivity index (χ4n) is 1.55. The van der Waals surface area contributed by atoms with Gasteiger partial charge in [0, 0.05) is 6.07 Å². The van der Waals surface area contributed by atoms with E-state index in [0.29, 0.717) is 11.4 Å². The van der Waals surface area contributed by atoms with E-state index < -0.39 is 19.3 Å². The van der Waals surface area contributed by atoms with Crippen LogP contribution in [-0.2, 0) is 0 Å². The summed E-state index contributed by atoms with van der Waals surface area (Å²) in [6.07, 6.45) is 0. The summed E-state index contributed by atoms with van der Waals surface area (Å²) in [6, 6.07) is 2.95. The van der Waals surface area contributed by atoms with Crippen LogP contribution in [0.2, 0.25) is 13.1 Å². The van der Waals surface area contributed by atoms with Gasteiger partial charge < -0.3 is 10.5 Å². The van der Waals surface area contributed by atoms with E-state index in [-0.39, 0.29) is 5.69 Å². The number of nitrogens with two attached hydrogens (primary N) is 1. The number of ether oxygens (including phenoxy) is 1. The highest BCUT2D eigenvalue weighted by Gasteiger charge is 2.21. The van der Waals surface area contributed by atoms with Crippen LogP contribution in [0.25, 0.3) is 0 Å². The minimum Gasteiger partial charge on any atom is -0.486 e. The zero-order chi connectivity index (χ0) is 14.1. The van der Waals surface area contributed by atoms with Crippen LogP contribution in [0.1, 0.15) is 20.8 Å². The molecule has 1 aromatic rings. The van der Waals surface area contributed by atoms with Gasteiger partial charge in [0.1, 0.15) is 11.4 Å². The molecule has 0 bridgehead atoms. The predicted molar refractivity (Wildman–Crippen MR) is 75.0 cm³/mol. The Morgan fingerprint density at radius 3 is 2.28 bits per heavy atom. The second-order valence-corrected chi connectivity index (χ2v) is 7.92. The molecule has 6 heteroatoms. The molecule has 2 N–H and O–H groups in total. The Kier molecular flexibility index (Phi) is 4.01. The number of nitro groups is 1. The Morgan fingerprint density at radius 1 is 1.33 bits per heavy atom. The fraction of sp³-hybridized carbons (Fsp3) is 0.500. The number of hydrogen-bond donors (Lipinski definition) is 1. The van der Waals surface area contributed by atoms with Crippen LogP contribution in [0.5, 0.6) is 5.75 Å². The number of anilines is 1. The molecule has 18 heavy (non-hydrogen) atoms. The van der Waals surface area contributed by atoms with Crippen LogP contribution >= 0.6 is 0 Å². The van der Waals surface area contributed by atoms with Crippen LogP contribution in [0, 0.1) is 10.1 Å². The smallest absolute Gasteiger partial charge is 0.273 e. The maximum absolute atomic E-state index is 10.9. The van der Waals surface area contributed by atoms with Crippen molar-refractivity contribution in [3.05, 3.63) is 22.2 Å². The third kappa shape index (κ3) is 3.46. The largest absolute Gasteiger partial charge is 0.486 e. The molecule has 1 rings (SSSR count). The van der Waals surface area contributed by atoms with E-state index in [9.17, 15) is 10.1 Å². The molecule has 0 aliphatic rings. The Hall–Kier alpha value is -1.56. The van der Waals surface area contributed by atoms with Gasteiger partial charge in [-0.1, -0.05) is 13.1 Å². The average Bonchev–Trinajstić information content (AvgIpc) is 2.18. The second-order valence-electron chi connectivity index (χ2n) is 5.38. The van der Waals surface area contributed by atoms with Crippen molar-refractivity contribution in [3.63, 3.8) is 0 Å². The van der Waals surface area contributed by atoms with E-state index in [1.807, 2.05) is 33.9 Å². The molecular weight excluding hydrogens is 248 g/mol. The minimum atomic E-state index is -0.884. The van der Waals surface area contributed by atoms with Crippen molar-refractivity contribution in [1.29, 1.82) is 0 Å². The summed E-state index contributed by atoms with van der Waals surface area (Å²) < 4.78 is 5.70. The van der Waals surface area contributed by atoms with Gasteiger partial charge in [0.25, 0.3) is 5.69 Å². The van der Waals surface area contributed by atoms with Crippen molar-refractivity contribution in [2.75, 3.05) is 5.73 Å². The quantitative estimate of drug-likeness (QED) is 0.394.